The van der Waals surface area contributed by atoms with Gasteiger partial charge >= 0.3 is 12.1 Å². The predicted molar refractivity (Wildman–Crippen MR) is 137 cm³/mol. The molecule has 1 amide bonds. The summed E-state index contributed by atoms with van der Waals surface area (Å²) in [5.41, 5.74) is 7.71. The van der Waals surface area contributed by atoms with Crippen LogP contribution >= 0.6 is 0 Å². The van der Waals surface area contributed by atoms with Crippen LogP contribution in [-0.4, -0.2) is 23.8 Å². The number of para-hydroxylation sites is 1. The van der Waals surface area contributed by atoms with Gasteiger partial charge in [0.05, 0.1) is 5.69 Å². The summed E-state index contributed by atoms with van der Waals surface area (Å²) >= 11 is 0. The first kappa shape index (κ1) is 22.4. The van der Waals surface area contributed by atoms with Gasteiger partial charge in [0.15, 0.2) is 0 Å². The Morgan fingerprint density at radius 1 is 0.743 bits per heavy atom. The van der Waals surface area contributed by atoms with E-state index in [1.807, 2.05) is 72.8 Å². The molecule has 5 heteroatoms. The van der Waals surface area contributed by atoms with E-state index in [0.29, 0.717) is 12.1 Å². The third-order valence-corrected chi connectivity index (χ3v) is 6.41. The fourth-order valence-electron chi connectivity index (χ4n) is 4.79. The molecule has 0 unspecified atom stereocenters. The van der Waals surface area contributed by atoms with Crippen LogP contribution in [0.25, 0.3) is 22.3 Å². The number of carboxylic acids is 1. The van der Waals surface area contributed by atoms with Gasteiger partial charge in [-0.3, -0.25) is 10.1 Å². The minimum Gasteiger partial charge on any atom is -0.481 e. The number of hydrogen-bond acceptors (Lipinski definition) is 3. The molecule has 0 aromatic heterocycles. The molecule has 0 radical (unpaired) electrons. The topological polar surface area (TPSA) is 75.6 Å². The predicted octanol–water partition coefficient (Wildman–Crippen LogP) is 6.73. The molecule has 0 bridgehead atoms. The lowest BCUT2D eigenvalue weighted by molar-refractivity contribution is -0.136. The Labute approximate surface area is 204 Å². The zero-order chi connectivity index (χ0) is 24.2. The highest BCUT2D eigenvalue weighted by Crippen LogP contribution is 2.44. The number of rotatable bonds is 7. The van der Waals surface area contributed by atoms with Crippen LogP contribution in [-0.2, 0) is 16.0 Å². The van der Waals surface area contributed by atoms with Crippen molar-refractivity contribution in [3.8, 4) is 22.3 Å². The van der Waals surface area contributed by atoms with E-state index < -0.39 is 12.1 Å². The third kappa shape index (κ3) is 4.66. The van der Waals surface area contributed by atoms with E-state index in [4.69, 9.17) is 4.74 Å². The van der Waals surface area contributed by atoms with E-state index in [9.17, 15) is 14.7 Å². The Bertz CT molecular complexity index is 1330. The first-order valence-electron chi connectivity index (χ1n) is 11.6. The maximum atomic E-state index is 13.0. The molecular weight excluding hydrogens is 438 g/mol. The quantitative estimate of drug-likeness (QED) is 0.319. The van der Waals surface area contributed by atoms with Gasteiger partial charge in [-0.1, -0.05) is 97.1 Å². The number of anilines is 1. The number of carboxylic acid groups (broad SMARTS) is 1. The minimum atomic E-state index is -0.887. The van der Waals surface area contributed by atoms with Crippen molar-refractivity contribution < 1.29 is 19.4 Å². The van der Waals surface area contributed by atoms with Crippen molar-refractivity contribution in [3.05, 3.63) is 114 Å². The number of carbonyl (C=O) groups excluding carboxylic acids is 1. The van der Waals surface area contributed by atoms with Crippen molar-refractivity contribution in [1.29, 1.82) is 0 Å². The Morgan fingerprint density at radius 2 is 1.34 bits per heavy atom. The number of nitrogens with one attached hydrogen (secondary N) is 1. The summed E-state index contributed by atoms with van der Waals surface area (Å²) in [6.45, 7) is 0.206. The molecule has 4 aromatic rings. The molecule has 35 heavy (non-hydrogen) atoms. The molecule has 2 N–H and O–H groups in total. The number of ether oxygens (including phenoxy) is 1. The third-order valence-electron chi connectivity index (χ3n) is 6.41. The van der Waals surface area contributed by atoms with E-state index in [0.717, 1.165) is 27.8 Å². The Kier molecular flexibility index (Phi) is 6.31. The van der Waals surface area contributed by atoms with Gasteiger partial charge in [-0.15, -0.1) is 0 Å². The molecule has 0 atom stereocenters. The number of amides is 1. The van der Waals surface area contributed by atoms with Crippen LogP contribution in [0.2, 0.25) is 0 Å². The Hall–Kier alpha value is -4.38. The van der Waals surface area contributed by atoms with Gasteiger partial charge in [0, 0.05) is 17.9 Å². The smallest absolute Gasteiger partial charge is 0.411 e. The van der Waals surface area contributed by atoms with Crippen molar-refractivity contribution in [2.75, 3.05) is 11.9 Å². The SMILES string of the molecule is O=C(O)CCc1cccc(-c2ccccc2)c1NC(=O)OCC1c2ccccc2-c2ccccc21. The average Bonchev–Trinajstić information content (AvgIpc) is 3.21. The summed E-state index contributed by atoms with van der Waals surface area (Å²) in [5, 5.41) is 12.1. The number of fused-ring (bicyclic) bond motifs is 3. The maximum absolute atomic E-state index is 13.0. The first-order valence-corrected chi connectivity index (χ1v) is 11.6. The van der Waals surface area contributed by atoms with Crippen LogP contribution in [0.3, 0.4) is 0 Å². The van der Waals surface area contributed by atoms with Gasteiger partial charge in [0.25, 0.3) is 0 Å². The maximum Gasteiger partial charge on any atom is 0.411 e. The van der Waals surface area contributed by atoms with Gasteiger partial charge in [-0.05, 0) is 39.8 Å². The fourth-order valence-corrected chi connectivity index (χ4v) is 4.79. The highest BCUT2D eigenvalue weighted by atomic mass is 16.5. The molecule has 0 saturated carbocycles. The van der Waals surface area contributed by atoms with E-state index in [-0.39, 0.29) is 18.9 Å². The van der Waals surface area contributed by atoms with Gasteiger partial charge in [-0.25, -0.2) is 4.79 Å². The fraction of sp³-hybridized carbons (Fsp3) is 0.133. The van der Waals surface area contributed by atoms with Crippen LogP contribution in [0, 0.1) is 0 Å². The molecule has 0 spiro atoms. The zero-order valence-electron chi connectivity index (χ0n) is 19.1. The lowest BCUT2D eigenvalue weighted by Gasteiger charge is -2.18. The summed E-state index contributed by atoms with van der Waals surface area (Å²) < 4.78 is 5.75. The molecule has 5 nitrogen and oxygen atoms in total. The molecule has 5 rings (SSSR count). The molecule has 1 aliphatic rings. The van der Waals surface area contributed by atoms with Crippen molar-refractivity contribution in [1.82, 2.24) is 0 Å². The van der Waals surface area contributed by atoms with Crippen molar-refractivity contribution in [2.45, 2.75) is 18.8 Å². The van der Waals surface area contributed by atoms with E-state index in [1.165, 1.54) is 11.1 Å². The number of hydrogen-bond donors (Lipinski definition) is 2. The molecule has 0 saturated heterocycles. The number of aliphatic carboxylic acids is 1. The van der Waals surface area contributed by atoms with Crippen LogP contribution < -0.4 is 5.32 Å². The first-order chi connectivity index (χ1) is 17.1. The standard InChI is InChI=1S/C30H25NO4/c32-28(33)18-17-21-11-8-16-22(20-9-2-1-3-10-20)29(21)31-30(34)35-19-27-25-14-6-4-12-23(25)24-13-5-7-15-26(24)27/h1-16,27H,17-19H2,(H,31,34)(H,32,33). The number of carbonyl (C=O) groups is 2. The highest BCUT2D eigenvalue weighted by molar-refractivity contribution is 5.93. The van der Waals surface area contributed by atoms with E-state index >= 15 is 0 Å². The Morgan fingerprint density at radius 3 is 2.00 bits per heavy atom. The van der Waals surface area contributed by atoms with Gasteiger partial charge < -0.3 is 9.84 Å². The lowest BCUT2D eigenvalue weighted by atomic mass is 9.97. The average molecular weight is 464 g/mol. The number of benzene rings is 4. The highest BCUT2D eigenvalue weighted by Gasteiger charge is 2.29. The largest absolute Gasteiger partial charge is 0.481 e. The summed E-state index contributed by atoms with van der Waals surface area (Å²) in [7, 11) is 0. The second-order valence-corrected chi connectivity index (χ2v) is 8.55. The molecule has 4 aromatic carbocycles. The minimum absolute atomic E-state index is 0.0301. The lowest BCUT2D eigenvalue weighted by Crippen LogP contribution is -2.19. The molecule has 0 fully saturated rings. The van der Waals surface area contributed by atoms with Crippen LogP contribution in [0.15, 0.2) is 97.1 Å². The zero-order valence-corrected chi connectivity index (χ0v) is 19.1. The van der Waals surface area contributed by atoms with E-state index in [1.54, 1.807) is 0 Å². The Balaban J connectivity index is 1.39. The summed E-state index contributed by atoms with van der Waals surface area (Å²) in [5.74, 6) is -0.925. The van der Waals surface area contributed by atoms with E-state index in [2.05, 4.69) is 29.6 Å². The van der Waals surface area contributed by atoms with Crippen LogP contribution in [0.4, 0.5) is 10.5 Å². The summed E-state index contributed by atoms with van der Waals surface area (Å²) in [6.07, 6.45) is -0.293. The summed E-state index contributed by atoms with van der Waals surface area (Å²) in [6, 6.07) is 31.7. The van der Waals surface area contributed by atoms with Crippen LogP contribution in [0.5, 0.6) is 0 Å². The molecular formula is C30H25NO4. The molecule has 0 heterocycles. The van der Waals surface area contributed by atoms with Crippen molar-refractivity contribution >= 4 is 17.7 Å². The van der Waals surface area contributed by atoms with Gasteiger partial charge in [-0.2, -0.15) is 0 Å². The van der Waals surface area contributed by atoms with Crippen LogP contribution in [0.1, 0.15) is 29.0 Å². The van der Waals surface area contributed by atoms with Gasteiger partial charge in [0.1, 0.15) is 6.61 Å². The molecule has 0 aliphatic heterocycles. The van der Waals surface area contributed by atoms with Gasteiger partial charge in [0.2, 0.25) is 0 Å². The molecule has 1 aliphatic carbocycles. The number of aryl methyl sites for hydroxylation is 1. The van der Waals surface area contributed by atoms with Crippen molar-refractivity contribution in [3.63, 3.8) is 0 Å². The van der Waals surface area contributed by atoms with Crippen molar-refractivity contribution in [2.24, 2.45) is 0 Å². The monoisotopic (exact) mass is 463 g/mol. The second kappa shape index (κ2) is 9.85. The summed E-state index contributed by atoms with van der Waals surface area (Å²) in [4.78, 5) is 24.2. The normalized spacial score (nSPS) is 12.0. The second-order valence-electron chi connectivity index (χ2n) is 8.55. The molecule has 174 valence electrons.